The molecule has 1 heterocycles. The Morgan fingerprint density at radius 2 is 2.33 bits per heavy atom. The number of benzene rings is 1. The van der Waals surface area contributed by atoms with Gasteiger partial charge in [-0.2, -0.15) is 0 Å². The number of likely N-dealkylation sites (tertiary alicyclic amines) is 1. The summed E-state index contributed by atoms with van der Waals surface area (Å²) in [5.74, 6) is 0.516. The molecule has 18 heavy (non-hydrogen) atoms. The molecule has 0 aromatic heterocycles. The molecule has 5 heteroatoms. The van der Waals surface area contributed by atoms with Crippen LogP contribution < -0.4 is 5.32 Å². The van der Waals surface area contributed by atoms with E-state index in [0.29, 0.717) is 5.92 Å². The van der Waals surface area contributed by atoms with Crippen molar-refractivity contribution in [2.75, 3.05) is 27.2 Å². The Labute approximate surface area is 107 Å². The minimum Gasteiger partial charge on any atom is -0.319 e. The van der Waals surface area contributed by atoms with Crippen LogP contribution in [0.5, 0.6) is 0 Å². The molecule has 1 aromatic carbocycles. The molecule has 98 valence electrons. The summed E-state index contributed by atoms with van der Waals surface area (Å²) in [4.78, 5) is 12.8. The number of nitro benzene ring substituents is 1. The van der Waals surface area contributed by atoms with Crippen molar-refractivity contribution in [1.82, 2.24) is 10.2 Å². The minimum absolute atomic E-state index is 0.177. The van der Waals surface area contributed by atoms with Gasteiger partial charge in [0.05, 0.1) is 4.92 Å². The largest absolute Gasteiger partial charge is 0.319 e. The van der Waals surface area contributed by atoms with Crippen LogP contribution in [0.2, 0.25) is 0 Å². The molecule has 0 saturated carbocycles. The third kappa shape index (κ3) is 2.52. The Hall–Kier alpha value is -1.46. The van der Waals surface area contributed by atoms with E-state index in [1.54, 1.807) is 18.2 Å². The molecular weight excluding hydrogens is 230 g/mol. The molecule has 1 aliphatic rings. The van der Waals surface area contributed by atoms with E-state index in [2.05, 4.69) is 17.3 Å². The lowest BCUT2D eigenvalue weighted by atomic mass is 9.93. The van der Waals surface area contributed by atoms with Gasteiger partial charge in [0.1, 0.15) is 0 Å². The van der Waals surface area contributed by atoms with Gasteiger partial charge in [-0.1, -0.05) is 12.1 Å². The summed E-state index contributed by atoms with van der Waals surface area (Å²) in [5.41, 5.74) is 1.22. The molecule has 1 N–H and O–H groups in total. The highest BCUT2D eigenvalue weighted by Gasteiger charge is 2.32. The Balaban J connectivity index is 2.28. The lowest BCUT2D eigenvalue weighted by Crippen LogP contribution is -2.26. The standard InChI is InChI=1S/C13H19N3O2/c1-14-9-11-6-7-15(2)13(11)10-4-3-5-12(8-10)16(17)18/h3-5,8,11,13-14H,6-7,9H2,1-2H3. The SMILES string of the molecule is CNCC1CCN(C)C1c1cccc([N+](=O)[O-])c1. The van der Waals surface area contributed by atoms with Crippen LogP contribution in [-0.2, 0) is 0 Å². The van der Waals surface area contributed by atoms with E-state index < -0.39 is 0 Å². The van der Waals surface area contributed by atoms with Crippen LogP contribution in [-0.4, -0.2) is 37.0 Å². The second-order valence-electron chi connectivity index (χ2n) is 4.88. The van der Waals surface area contributed by atoms with Gasteiger partial charge in [0.2, 0.25) is 0 Å². The first-order valence-electron chi connectivity index (χ1n) is 6.22. The number of nitro groups is 1. The quantitative estimate of drug-likeness (QED) is 0.653. The summed E-state index contributed by atoms with van der Waals surface area (Å²) in [6.07, 6.45) is 1.13. The van der Waals surface area contributed by atoms with Crippen LogP contribution in [0.15, 0.2) is 24.3 Å². The lowest BCUT2D eigenvalue weighted by Gasteiger charge is -2.25. The van der Waals surface area contributed by atoms with Gasteiger partial charge in [-0.15, -0.1) is 0 Å². The highest BCUT2D eigenvalue weighted by atomic mass is 16.6. The van der Waals surface area contributed by atoms with Crippen LogP contribution in [0.1, 0.15) is 18.0 Å². The second-order valence-corrected chi connectivity index (χ2v) is 4.88. The van der Waals surface area contributed by atoms with Gasteiger partial charge in [0.15, 0.2) is 0 Å². The highest BCUT2D eigenvalue weighted by Crippen LogP contribution is 2.36. The smallest absolute Gasteiger partial charge is 0.269 e. The van der Waals surface area contributed by atoms with E-state index in [1.807, 2.05) is 13.1 Å². The topological polar surface area (TPSA) is 58.4 Å². The molecule has 1 aliphatic heterocycles. The van der Waals surface area contributed by atoms with Crippen molar-refractivity contribution in [3.05, 3.63) is 39.9 Å². The van der Waals surface area contributed by atoms with E-state index in [4.69, 9.17) is 0 Å². The second kappa shape index (κ2) is 5.46. The van der Waals surface area contributed by atoms with E-state index in [-0.39, 0.29) is 16.7 Å². The first-order chi connectivity index (χ1) is 8.63. The van der Waals surface area contributed by atoms with Crippen molar-refractivity contribution in [3.63, 3.8) is 0 Å². The van der Waals surface area contributed by atoms with Gasteiger partial charge in [-0.05, 0) is 45.1 Å². The number of rotatable bonds is 4. The maximum atomic E-state index is 10.8. The van der Waals surface area contributed by atoms with Crippen molar-refractivity contribution in [3.8, 4) is 0 Å². The molecule has 0 aliphatic carbocycles. The molecule has 0 bridgehead atoms. The number of nitrogens with one attached hydrogen (secondary N) is 1. The van der Waals surface area contributed by atoms with Crippen LogP contribution in [0.25, 0.3) is 0 Å². The number of non-ortho nitro benzene ring substituents is 1. The Morgan fingerprint density at radius 3 is 3.00 bits per heavy atom. The number of nitrogens with zero attached hydrogens (tertiary/aromatic N) is 2. The normalized spacial score (nSPS) is 24.3. The fraction of sp³-hybridized carbons (Fsp3) is 0.538. The summed E-state index contributed by atoms with van der Waals surface area (Å²) in [7, 11) is 4.03. The summed E-state index contributed by atoms with van der Waals surface area (Å²) in [5, 5.41) is 14.0. The minimum atomic E-state index is -0.328. The highest BCUT2D eigenvalue weighted by molar-refractivity contribution is 5.36. The average Bonchev–Trinajstić information content (AvgIpc) is 2.71. The van der Waals surface area contributed by atoms with Gasteiger partial charge < -0.3 is 5.32 Å². The molecule has 0 radical (unpaired) electrons. The molecule has 0 spiro atoms. The van der Waals surface area contributed by atoms with Gasteiger partial charge in [0, 0.05) is 18.2 Å². The van der Waals surface area contributed by atoms with E-state index in [1.165, 1.54) is 0 Å². The predicted molar refractivity (Wildman–Crippen MR) is 70.5 cm³/mol. The number of hydrogen-bond acceptors (Lipinski definition) is 4. The van der Waals surface area contributed by atoms with Gasteiger partial charge in [-0.3, -0.25) is 15.0 Å². The molecule has 0 amide bonds. The Morgan fingerprint density at radius 1 is 1.56 bits per heavy atom. The fourth-order valence-corrected chi connectivity index (χ4v) is 2.85. The first kappa shape index (κ1) is 13.0. The molecular formula is C13H19N3O2. The van der Waals surface area contributed by atoms with Crippen LogP contribution in [0, 0.1) is 16.0 Å². The molecule has 1 fully saturated rings. The zero-order chi connectivity index (χ0) is 13.1. The van der Waals surface area contributed by atoms with Crippen molar-refractivity contribution < 1.29 is 4.92 Å². The number of hydrogen-bond donors (Lipinski definition) is 1. The van der Waals surface area contributed by atoms with Crippen LogP contribution >= 0.6 is 0 Å². The van der Waals surface area contributed by atoms with Crippen LogP contribution in [0.3, 0.4) is 0 Å². The van der Waals surface area contributed by atoms with Crippen molar-refractivity contribution in [2.24, 2.45) is 5.92 Å². The molecule has 2 rings (SSSR count). The third-order valence-electron chi connectivity index (χ3n) is 3.66. The van der Waals surface area contributed by atoms with Gasteiger partial charge in [-0.25, -0.2) is 0 Å². The average molecular weight is 249 g/mol. The zero-order valence-corrected chi connectivity index (χ0v) is 10.8. The first-order valence-corrected chi connectivity index (χ1v) is 6.22. The molecule has 5 nitrogen and oxygen atoms in total. The van der Waals surface area contributed by atoms with Crippen LogP contribution in [0.4, 0.5) is 5.69 Å². The van der Waals surface area contributed by atoms with Crippen molar-refractivity contribution in [2.45, 2.75) is 12.5 Å². The van der Waals surface area contributed by atoms with E-state index in [0.717, 1.165) is 25.1 Å². The van der Waals surface area contributed by atoms with Gasteiger partial charge >= 0.3 is 0 Å². The third-order valence-corrected chi connectivity index (χ3v) is 3.66. The van der Waals surface area contributed by atoms with E-state index in [9.17, 15) is 10.1 Å². The maximum Gasteiger partial charge on any atom is 0.269 e. The summed E-state index contributed by atoms with van der Waals surface area (Å²) in [6, 6.07) is 7.29. The zero-order valence-electron chi connectivity index (χ0n) is 10.8. The molecule has 1 saturated heterocycles. The molecule has 2 atom stereocenters. The van der Waals surface area contributed by atoms with Gasteiger partial charge in [0.25, 0.3) is 5.69 Å². The summed E-state index contributed by atoms with van der Waals surface area (Å²) >= 11 is 0. The van der Waals surface area contributed by atoms with Crippen molar-refractivity contribution in [1.29, 1.82) is 0 Å². The summed E-state index contributed by atoms with van der Waals surface area (Å²) < 4.78 is 0. The Bertz CT molecular complexity index is 434. The van der Waals surface area contributed by atoms with E-state index >= 15 is 0 Å². The molecule has 1 aromatic rings. The summed E-state index contributed by atoms with van der Waals surface area (Å²) in [6.45, 7) is 1.98. The Kier molecular flexibility index (Phi) is 3.93. The fourth-order valence-electron chi connectivity index (χ4n) is 2.85. The monoisotopic (exact) mass is 249 g/mol. The lowest BCUT2D eigenvalue weighted by molar-refractivity contribution is -0.385. The molecule has 2 unspecified atom stereocenters. The van der Waals surface area contributed by atoms with Crippen molar-refractivity contribution >= 4 is 5.69 Å². The predicted octanol–water partition coefficient (Wildman–Crippen LogP) is 1.81. The maximum absolute atomic E-state index is 10.8.